The lowest BCUT2D eigenvalue weighted by Crippen LogP contribution is -2.09. The van der Waals surface area contributed by atoms with Gasteiger partial charge >= 0.3 is 0 Å². The highest BCUT2D eigenvalue weighted by Crippen LogP contribution is 2.39. The van der Waals surface area contributed by atoms with E-state index in [2.05, 4.69) is 42.8 Å². The Morgan fingerprint density at radius 1 is 1.31 bits per heavy atom. The molecule has 13 heavy (non-hydrogen) atoms. The Bertz CT molecular complexity index is 270. The second kappa shape index (κ2) is 4.81. The summed E-state index contributed by atoms with van der Waals surface area (Å²) in [5.74, 6) is 1.32. The third-order valence-electron chi connectivity index (χ3n) is 2.38. The third kappa shape index (κ3) is 2.97. The molecule has 0 aliphatic carbocycles. The molecule has 3 heteroatoms. The van der Waals surface area contributed by atoms with Crippen molar-refractivity contribution in [3.8, 4) is 0 Å². The molecule has 0 saturated carbocycles. The normalized spacial score (nSPS) is 16.2. The summed E-state index contributed by atoms with van der Waals surface area (Å²) < 4.78 is 0.871. The van der Waals surface area contributed by atoms with Gasteiger partial charge in [-0.25, -0.2) is 0 Å². The molecule has 74 valence electrons. The van der Waals surface area contributed by atoms with E-state index >= 15 is 0 Å². The Kier molecular flexibility index (Phi) is 4.27. The first kappa shape index (κ1) is 11.5. The summed E-state index contributed by atoms with van der Waals surface area (Å²) in [5, 5.41) is 0. The average Bonchev–Trinajstić information content (AvgIpc) is 2.49. The zero-order chi connectivity index (χ0) is 10.0. The van der Waals surface area contributed by atoms with Gasteiger partial charge in [0.05, 0.1) is 9.16 Å². The molecule has 2 unspecified atom stereocenters. The highest BCUT2D eigenvalue weighted by molar-refractivity contribution is 9.09. The molecule has 0 nitrogen and oxygen atoms in total. The summed E-state index contributed by atoms with van der Waals surface area (Å²) in [4.78, 5) is 1.76. The van der Waals surface area contributed by atoms with Gasteiger partial charge in [0.1, 0.15) is 0 Å². The molecule has 0 fully saturated rings. The predicted octanol–water partition coefficient (Wildman–Crippen LogP) is 5.13. The van der Waals surface area contributed by atoms with Crippen molar-refractivity contribution in [1.82, 2.24) is 0 Å². The van der Waals surface area contributed by atoms with Crippen LogP contribution in [0.15, 0.2) is 12.1 Å². The fourth-order valence-corrected chi connectivity index (χ4v) is 3.27. The topological polar surface area (TPSA) is 0 Å². The van der Waals surface area contributed by atoms with Crippen molar-refractivity contribution in [2.45, 2.75) is 25.6 Å². The van der Waals surface area contributed by atoms with Crippen molar-refractivity contribution < 1.29 is 0 Å². The van der Waals surface area contributed by atoms with E-state index in [0.29, 0.717) is 16.7 Å². The van der Waals surface area contributed by atoms with Crippen LogP contribution in [0.3, 0.4) is 0 Å². The first-order valence-corrected chi connectivity index (χ1v) is 6.52. The van der Waals surface area contributed by atoms with Crippen LogP contribution in [0, 0.1) is 11.8 Å². The molecule has 0 aliphatic heterocycles. The first-order chi connectivity index (χ1) is 6.02. The second-order valence-corrected chi connectivity index (χ2v) is 6.38. The molecule has 0 amide bonds. The Labute approximate surface area is 97.4 Å². The van der Waals surface area contributed by atoms with Crippen molar-refractivity contribution >= 4 is 38.9 Å². The molecule has 0 spiro atoms. The van der Waals surface area contributed by atoms with Crippen LogP contribution < -0.4 is 0 Å². The maximum Gasteiger partial charge on any atom is 0.0931 e. The van der Waals surface area contributed by atoms with Crippen LogP contribution in [-0.2, 0) is 0 Å². The van der Waals surface area contributed by atoms with Crippen LogP contribution in [0.1, 0.15) is 30.5 Å². The number of hydrogen-bond acceptors (Lipinski definition) is 1. The molecule has 0 N–H and O–H groups in total. The Morgan fingerprint density at radius 2 is 1.92 bits per heavy atom. The molecule has 1 heterocycles. The minimum atomic E-state index is 0.435. The Balaban J connectivity index is 2.73. The average molecular weight is 282 g/mol. The monoisotopic (exact) mass is 280 g/mol. The van der Waals surface area contributed by atoms with Crippen molar-refractivity contribution in [2.24, 2.45) is 11.8 Å². The summed E-state index contributed by atoms with van der Waals surface area (Å²) >= 11 is 11.3. The van der Waals surface area contributed by atoms with Crippen LogP contribution in [-0.4, -0.2) is 0 Å². The first-order valence-electron chi connectivity index (χ1n) is 4.41. The van der Waals surface area contributed by atoms with E-state index in [1.807, 2.05) is 6.07 Å². The summed E-state index contributed by atoms with van der Waals surface area (Å²) in [6.45, 7) is 6.75. The summed E-state index contributed by atoms with van der Waals surface area (Å²) in [6.07, 6.45) is 0. The van der Waals surface area contributed by atoms with Gasteiger partial charge in [-0.05, 0) is 24.0 Å². The minimum Gasteiger partial charge on any atom is -0.127 e. The van der Waals surface area contributed by atoms with E-state index in [1.54, 1.807) is 11.3 Å². The third-order valence-corrected chi connectivity index (χ3v) is 5.32. The van der Waals surface area contributed by atoms with E-state index in [4.69, 9.17) is 11.6 Å². The highest BCUT2D eigenvalue weighted by Gasteiger charge is 2.20. The van der Waals surface area contributed by atoms with E-state index < -0.39 is 0 Å². The van der Waals surface area contributed by atoms with Crippen LogP contribution in [0.25, 0.3) is 0 Å². The van der Waals surface area contributed by atoms with Gasteiger partial charge in [-0.3, -0.25) is 0 Å². The van der Waals surface area contributed by atoms with E-state index in [1.165, 1.54) is 4.88 Å². The van der Waals surface area contributed by atoms with E-state index in [9.17, 15) is 0 Å². The summed E-state index contributed by atoms with van der Waals surface area (Å²) in [7, 11) is 0. The molecule has 0 bridgehead atoms. The Hall–Kier alpha value is 0.470. The number of alkyl halides is 1. The standard InChI is InChI=1S/C10H14BrClS/c1-6(2)7(3)10(11)8-4-5-9(12)13-8/h4-7,10H,1-3H3. The van der Waals surface area contributed by atoms with Crippen molar-refractivity contribution in [1.29, 1.82) is 0 Å². The lowest BCUT2D eigenvalue weighted by atomic mass is 9.94. The van der Waals surface area contributed by atoms with Crippen LogP contribution in [0.2, 0.25) is 4.34 Å². The Morgan fingerprint density at radius 3 is 2.31 bits per heavy atom. The number of hydrogen-bond donors (Lipinski definition) is 0. The largest absolute Gasteiger partial charge is 0.127 e. The van der Waals surface area contributed by atoms with Gasteiger partial charge in [0, 0.05) is 4.88 Å². The maximum absolute atomic E-state index is 5.89. The quantitative estimate of drug-likeness (QED) is 0.674. The zero-order valence-electron chi connectivity index (χ0n) is 8.05. The molecular formula is C10H14BrClS. The fourth-order valence-electron chi connectivity index (χ4n) is 1.07. The number of halogens is 2. The minimum absolute atomic E-state index is 0.435. The lowest BCUT2D eigenvalue weighted by molar-refractivity contribution is 0.417. The van der Waals surface area contributed by atoms with Crippen molar-refractivity contribution in [3.63, 3.8) is 0 Å². The zero-order valence-corrected chi connectivity index (χ0v) is 11.2. The number of rotatable bonds is 3. The molecular weight excluding hydrogens is 268 g/mol. The lowest BCUT2D eigenvalue weighted by Gasteiger charge is -2.20. The fraction of sp³-hybridized carbons (Fsp3) is 0.600. The van der Waals surface area contributed by atoms with Gasteiger partial charge in [-0.2, -0.15) is 0 Å². The van der Waals surface area contributed by atoms with Gasteiger partial charge < -0.3 is 0 Å². The van der Waals surface area contributed by atoms with Crippen LogP contribution >= 0.6 is 38.9 Å². The SMILES string of the molecule is CC(C)C(C)C(Br)c1ccc(Cl)s1. The van der Waals surface area contributed by atoms with Crippen LogP contribution in [0.5, 0.6) is 0 Å². The van der Waals surface area contributed by atoms with E-state index in [-0.39, 0.29) is 0 Å². The molecule has 1 aromatic rings. The van der Waals surface area contributed by atoms with Gasteiger partial charge in [-0.1, -0.05) is 48.3 Å². The maximum atomic E-state index is 5.89. The highest BCUT2D eigenvalue weighted by atomic mass is 79.9. The summed E-state index contributed by atoms with van der Waals surface area (Å²) in [6, 6.07) is 4.06. The van der Waals surface area contributed by atoms with Gasteiger partial charge in [0.15, 0.2) is 0 Å². The summed E-state index contributed by atoms with van der Waals surface area (Å²) in [5.41, 5.74) is 0. The van der Waals surface area contributed by atoms with E-state index in [0.717, 1.165) is 4.34 Å². The van der Waals surface area contributed by atoms with Crippen molar-refractivity contribution in [3.05, 3.63) is 21.3 Å². The molecule has 1 rings (SSSR count). The second-order valence-electron chi connectivity index (χ2n) is 3.65. The molecule has 0 radical (unpaired) electrons. The molecule has 0 saturated heterocycles. The van der Waals surface area contributed by atoms with Crippen LogP contribution in [0.4, 0.5) is 0 Å². The van der Waals surface area contributed by atoms with Gasteiger partial charge in [-0.15, -0.1) is 11.3 Å². The molecule has 0 aromatic carbocycles. The van der Waals surface area contributed by atoms with Crippen molar-refractivity contribution in [2.75, 3.05) is 0 Å². The predicted molar refractivity (Wildman–Crippen MR) is 65.0 cm³/mol. The van der Waals surface area contributed by atoms with Gasteiger partial charge in [0.25, 0.3) is 0 Å². The molecule has 0 aliphatic rings. The molecule has 2 atom stereocenters. The number of thiophene rings is 1. The van der Waals surface area contributed by atoms with Gasteiger partial charge in [0.2, 0.25) is 0 Å². The molecule has 1 aromatic heterocycles. The smallest absolute Gasteiger partial charge is 0.0931 e.